The molecule has 0 radical (unpaired) electrons. The average molecular weight is 707 g/mol. The van der Waals surface area contributed by atoms with Gasteiger partial charge in [-0.2, -0.15) is 0 Å². The Balaban J connectivity index is 1.47. The number of hydrogen-bond acceptors (Lipinski definition) is 7. The lowest BCUT2D eigenvalue weighted by atomic mass is 9.73. The highest BCUT2D eigenvalue weighted by atomic mass is 16.5. The maximum absolute atomic E-state index is 13.9. The second-order valence-corrected chi connectivity index (χ2v) is 14.7. The summed E-state index contributed by atoms with van der Waals surface area (Å²) in [5.41, 5.74) is -2.25. The number of carbonyl (C=O) groups is 3. The Kier molecular flexibility index (Phi) is 19.2. The van der Waals surface area contributed by atoms with E-state index in [0.717, 1.165) is 70.3 Å². The SMILES string of the molecule is CCCCC/C=C\C/C=C\CCCCCCCC1=C(O)C(=O)C2(C(=O)Oc3cc(O)c(O)c(CCCCCCCCCCCCCCC)c32)C1=O. The van der Waals surface area contributed by atoms with Crippen molar-refractivity contribution in [3.05, 3.63) is 52.8 Å². The van der Waals surface area contributed by atoms with Crippen molar-refractivity contribution >= 4 is 17.5 Å². The summed E-state index contributed by atoms with van der Waals surface area (Å²) in [5, 5.41) is 32.3. The number of Topliss-reactive ketones (excluding diaryl/α,β-unsaturated/α-hetero) is 2. The van der Waals surface area contributed by atoms with Gasteiger partial charge in [0.1, 0.15) is 5.75 Å². The Morgan fingerprint density at radius 3 is 1.63 bits per heavy atom. The molecule has 0 amide bonds. The largest absolute Gasteiger partial charge is 0.504 e. The van der Waals surface area contributed by atoms with Crippen molar-refractivity contribution in [1.29, 1.82) is 0 Å². The zero-order valence-corrected chi connectivity index (χ0v) is 31.7. The van der Waals surface area contributed by atoms with Crippen LogP contribution in [0.4, 0.5) is 0 Å². The zero-order valence-electron chi connectivity index (χ0n) is 31.7. The number of aromatic hydroxyl groups is 2. The molecule has 7 nitrogen and oxygen atoms in total. The number of allylic oxidation sites excluding steroid dienone is 6. The van der Waals surface area contributed by atoms with Crippen LogP contribution < -0.4 is 4.74 Å². The van der Waals surface area contributed by atoms with Crippen molar-refractivity contribution in [2.45, 2.75) is 186 Å². The van der Waals surface area contributed by atoms with Gasteiger partial charge in [0.05, 0.1) is 0 Å². The number of phenolic OH excluding ortho intramolecular Hbond substituents is 2. The van der Waals surface area contributed by atoms with Gasteiger partial charge in [0.25, 0.3) is 0 Å². The lowest BCUT2D eigenvalue weighted by molar-refractivity contribution is -0.146. The van der Waals surface area contributed by atoms with Gasteiger partial charge in [0.15, 0.2) is 23.0 Å². The summed E-state index contributed by atoms with van der Waals surface area (Å²) >= 11 is 0. The highest BCUT2D eigenvalue weighted by Crippen LogP contribution is 2.53. The van der Waals surface area contributed by atoms with E-state index in [0.29, 0.717) is 12.8 Å². The molecule has 1 atom stereocenters. The van der Waals surface area contributed by atoms with Crippen molar-refractivity contribution in [3.8, 4) is 17.2 Å². The van der Waals surface area contributed by atoms with Gasteiger partial charge in [0.2, 0.25) is 11.2 Å². The van der Waals surface area contributed by atoms with Gasteiger partial charge in [-0.25, -0.2) is 4.79 Å². The molecule has 1 spiro atoms. The molecule has 3 rings (SSSR count). The second kappa shape index (κ2) is 23.3. The summed E-state index contributed by atoms with van der Waals surface area (Å²) < 4.78 is 5.41. The minimum absolute atomic E-state index is 0.0154. The van der Waals surface area contributed by atoms with Crippen LogP contribution in [0.1, 0.15) is 185 Å². The number of esters is 1. The highest BCUT2D eigenvalue weighted by molar-refractivity contribution is 6.42. The van der Waals surface area contributed by atoms with Gasteiger partial charge in [-0.3, -0.25) is 9.59 Å². The van der Waals surface area contributed by atoms with E-state index in [1.54, 1.807) is 0 Å². The molecule has 0 bridgehead atoms. The molecule has 1 unspecified atom stereocenters. The fourth-order valence-electron chi connectivity index (χ4n) is 7.53. The van der Waals surface area contributed by atoms with Crippen LogP contribution in [0, 0.1) is 0 Å². The summed E-state index contributed by atoms with van der Waals surface area (Å²) in [7, 11) is 0. The molecule has 1 heterocycles. The molecular weight excluding hydrogens is 640 g/mol. The number of unbranched alkanes of at least 4 members (excludes halogenated alkanes) is 20. The number of hydrogen-bond donors (Lipinski definition) is 3. The molecular formula is C44H66O7. The Bertz CT molecular complexity index is 1350. The Hall–Kier alpha value is -3.35. The van der Waals surface area contributed by atoms with Crippen LogP contribution in [-0.2, 0) is 26.2 Å². The molecule has 1 aromatic rings. The van der Waals surface area contributed by atoms with E-state index >= 15 is 0 Å². The second-order valence-electron chi connectivity index (χ2n) is 14.7. The standard InChI is InChI=1S/C44H66O7/c1-3-5-7-9-11-13-15-17-18-20-22-24-26-28-30-32-35-40(47)42(49)44(41(35)48)38-34(39(46)36(45)33-37(38)51-43(44)50)31-29-27-25-23-21-19-16-14-12-10-8-6-4-2/h11,13,17-18,33,45-47H,3-10,12,14-16,19-32H2,1-2H3/b13-11-,18-17-. The van der Waals surface area contributed by atoms with Gasteiger partial charge in [-0.05, 0) is 57.8 Å². The summed E-state index contributed by atoms with van der Waals surface area (Å²) in [6, 6.07) is 1.08. The average Bonchev–Trinajstić information content (AvgIpc) is 3.51. The number of benzene rings is 1. The number of carbonyl (C=O) groups excluding carboxylic acids is 3. The molecule has 1 aliphatic heterocycles. The molecule has 7 heteroatoms. The van der Waals surface area contributed by atoms with Gasteiger partial charge < -0.3 is 20.1 Å². The fraction of sp³-hybridized carbons (Fsp3) is 0.659. The van der Waals surface area contributed by atoms with Crippen molar-refractivity contribution in [1.82, 2.24) is 0 Å². The van der Waals surface area contributed by atoms with Crippen LogP contribution in [0.25, 0.3) is 0 Å². The lowest BCUT2D eigenvalue weighted by Crippen LogP contribution is -2.46. The summed E-state index contributed by atoms with van der Waals surface area (Å²) in [6.45, 7) is 4.45. The minimum Gasteiger partial charge on any atom is -0.504 e. The number of ketones is 2. The van der Waals surface area contributed by atoms with E-state index in [2.05, 4.69) is 38.2 Å². The topological polar surface area (TPSA) is 121 Å². The van der Waals surface area contributed by atoms with Gasteiger partial charge in [-0.1, -0.05) is 147 Å². The van der Waals surface area contributed by atoms with Crippen LogP contribution in [0.5, 0.6) is 17.2 Å². The maximum Gasteiger partial charge on any atom is 0.338 e. The van der Waals surface area contributed by atoms with E-state index < -0.39 is 40.2 Å². The predicted octanol–water partition coefficient (Wildman–Crippen LogP) is 11.7. The first kappa shape index (κ1) is 42.1. The third-order valence-electron chi connectivity index (χ3n) is 10.6. The lowest BCUT2D eigenvalue weighted by Gasteiger charge is -2.20. The molecule has 0 fully saturated rings. The van der Waals surface area contributed by atoms with Crippen molar-refractivity contribution in [2.24, 2.45) is 0 Å². The molecule has 3 N–H and O–H groups in total. The molecule has 284 valence electrons. The Morgan fingerprint density at radius 1 is 0.588 bits per heavy atom. The number of fused-ring (bicyclic) bond motifs is 2. The third kappa shape index (κ3) is 11.8. The van der Waals surface area contributed by atoms with E-state index in [1.807, 2.05) is 0 Å². The van der Waals surface area contributed by atoms with E-state index in [-0.39, 0.29) is 35.3 Å². The smallest absolute Gasteiger partial charge is 0.338 e. The summed E-state index contributed by atoms with van der Waals surface area (Å²) in [5.74, 6) is -4.55. The van der Waals surface area contributed by atoms with Crippen molar-refractivity contribution < 1.29 is 34.4 Å². The third-order valence-corrected chi connectivity index (χ3v) is 10.6. The van der Waals surface area contributed by atoms with Crippen molar-refractivity contribution in [3.63, 3.8) is 0 Å². The number of ether oxygens (including phenoxy) is 1. The predicted molar refractivity (Wildman–Crippen MR) is 206 cm³/mol. The molecule has 0 aromatic heterocycles. The maximum atomic E-state index is 13.9. The molecule has 1 aromatic carbocycles. The number of aliphatic hydroxyl groups is 1. The molecule has 0 saturated carbocycles. The normalized spacial score (nSPS) is 17.3. The monoisotopic (exact) mass is 706 g/mol. The van der Waals surface area contributed by atoms with Crippen LogP contribution in [0.2, 0.25) is 0 Å². The Labute approximate surface area is 307 Å². The first-order valence-corrected chi connectivity index (χ1v) is 20.4. The van der Waals surface area contributed by atoms with Crippen LogP contribution >= 0.6 is 0 Å². The fourth-order valence-corrected chi connectivity index (χ4v) is 7.53. The van der Waals surface area contributed by atoms with Crippen LogP contribution in [-0.4, -0.2) is 32.9 Å². The summed E-state index contributed by atoms with van der Waals surface area (Å²) in [6.07, 6.45) is 36.1. The number of phenols is 2. The molecule has 0 saturated heterocycles. The first-order chi connectivity index (χ1) is 24.8. The molecule has 1 aliphatic carbocycles. The van der Waals surface area contributed by atoms with E-state index in [9.17, 15) is 29.7 Å². The zero-order chi connectivity index (χ0) is 36.9. The Morgan fingerprint density at radius 2 is 1.06 bits per heavy atom. The number of rotatable bonds is 28. The molecule has 2 aliphatic rings. The van der Waals surface area contributed by atoms with E-state index in [1.165, 1.54) is 77.0 Å². The van der Waals surface area contributed by atoms with Crippen molar-refractivity contribution in [2.75, 3.05) is 0 Å². The minimum atomic E-state index is -2.36. The highest BCUT2D eigenvalue weighted by Gasteiger charge is 2.67. The molecule has 51 heavy (non-hydrogen) atoms. The quantitative estimate of drug-likeness (QED) is 0.0198. The van der Waals surface area contributed by atoms with E-state index in [4.69, 9.17) is 4.74 Å². The van der Waals surface area contributed by atoms with Crippen LogP contribution in [0.15, 0.2) is 41.7 Å². The number of aliphatic hydroxyl groups excluding tert-OH is 1. The van der Waals surface area contributed by atoms with Gasteiger partial charge >= 0.3 is 5.97 Å². The summed E-state index contributed by atoms with van der Waals surface area (Å²) in [4.78, 5) is 41.0. The van der Waals surface area contributed by atoms with Gasteiger partial charge in [0, 0.05) is 22.8 Å². The van der Waals surface area contributed by atoms with Crippen LogP contribution in [0.3, 0.4) is 0 Å². The van der Waals surface area contributed by atoms with Gasteiger partial charge in [-0.15, -0.1) is 0 Å². The first-order valence-electron chi connectivity index (χ1n) is 20.4.